The molecule has 3 aromatic rings. The summed E-state index contributed by atoms with van der Waals surface area (Å²) in [6, 6.07) is 7.41. The van der Waals surface area contributed by atoms with Gasteiger partial charge in [-0.2, -0.15) is 13.2 Å². The normalized spacial score (nSPS) is 11.0. The summed E-state index contributed by atoms with van der Waals surface area (Å²) in [5.41, 5.74) is -1.90. The van der Waals surface area contributed by atoms with Crippen LogP contribution in [0, 0.1) is 5.82 Å². The van der Waals surface area contributed by atoms with E-state index in [2.05, 4.69) is 20.6 Å². The lowest BCUT2D eigenvalue weighted by molar-refractivity contribution is -0.136. The van der Waals surface area contributed by atoms with Crippen molar-refractivity contribution in [1.82, 2.24) is 9.97 Å². The molecule has 0 fully saturated rings. The second kappa shape index (κ2) is 8.05. The minimum Gasteiger partial charge on any atom is -0.322 e. The number of amides is 2. The first-order valence-corrected chi connectivity index (χ1v) is 8.09. The standard InChI is InChI=1S/C19H12F4N4O2/c20-12-3-1-11(2-4-12)17(28)26-13-5-6-15(14(9-13)19(21,22)23)27-18(29)16-10-24-7-8-25-16/h1-10H,(H,26,28)(H,27,29). The predicted molar refractivity (Wildman–Crippen MR) is 95.8 cm³/mol. The highest BCUT2D eigenvalue weighted by Gasteiger charge is 2.34. The Balaban J connectivity index is 1.85. The molecule has 1 aromatic heterocycles. The molecule has 2 N–H and O–H groups in total. The molecule has 0 spiro atoms. The molecule has 10 heteroatoms. The van der Waals surface area contributed by atoms with E-state index in [1.54, 1.807) is 0 Å². The third-order valence-electron chi connectivity index (χ3n) is 3.73. The van der Waals surface area contributed by atoms with Crippen LogP contribution in [0.4, 0.5) is 28.9 Å². The van der Waals surface area contributed by atoms with Crippen LogP contribution in [0.25, 0.3) is 0 Å². The highest BCUT2D eigenvalue weighted by molar-refractivity contribution is 6.05. The maximum absolute atomic E-state index is 13.5. The summed E-state index contributed by atoms with van der Waals surface area (Å²) < 4.78 is 53.3. The second-order valence-electron chi connectivity index (χ2n) is 5.76. The largest absolute Gasteiger partial charge is 0.418 e. The molecule has 3 rings (SSSR count). The third kappa shape index (κ3) is 4.92. The Bertz CT molecular complexity index is 1040. The number of hydrogen-bond acceptors (Lipinski definition) is 4. The monoisotopic (exact) mass is 404 g/mol. The topological polar surface area (TPSA) is 84.0 Å². The molecule has 0 aliphatic heterocycles. The van der Waals surface area contributed by atoms with Gasteiger partial charge in [0.2, 0.25) is 0 Å². The van der Waals surface area contributed by atoms with Gasteiger partial charge in [0, 0.05) is 23.6 Å². The molecule has 0 saturated heterocycles. The van der Waals surface area contributed by atoms with E-state index in [4.69, 9.17) is 0 Å². The van der Waals surface area contributed by atoms with Gasteiger partial charge in [-0.15, -0.1) is 0 Å². The molecule has 0 unspecified atom stereocenters. The van der Waals surface area contributed by atoms with Crippen LogP contribution in [0.15, 0.2) is 61.1 Å². The van der Waals surface area contributed by atoms with E-state index in [0.717, 1.165) is 24.4 Å². The number of alkyl halides is 3. The smallest absolute Gasteiger partial charge is 0.322 e. The van der Waals surface area contributed by atoms with Gasteiger partial charge in [0.05, 0.1) is 17.4 Å². The van der Waals surface area contributed by atoms with Gasteiger partial charge in [0.15, 0.2) is 0 Å². The predicted octanol–water partition coefficient (Wildman–Crippen LogP) is 4.14. The van der Waals surface area contributed by atoms with Crippen molar-refractivity contribution >= 4 is 23.2 Å². The summed E-state index contributed by atoms with van der Waals surface area (Å²) in [5.74, 6) is -2.13. The number of rotatable bonds is 4. The van der Waals surface area contributed by atoms with Crippen molar-refractivity contribution in [2.75, 3.05) is 10.6 Å². The highest BCUT2D eigenvalue weighted by Crippen LogP contribution is 2.36. The summed E-state index contributed by atoms with van der Waals surface area (Å²) in [6.07, 6.45) is -1.15. The van der Waals surface area contributed by atoms with Crippen LogP contribution >= 0.6 is 0 Å². The SMILES string of the molecule is O=C(Nc1ccc(NC(=O)c2cnccn2)c(C(F)(F)F)c1)c1ccc(F)cc1. The first kappa shape index (κ1) is 19.9. The average Bonchev–Trinajstić information content (AvgIpc) is 2.69. The van der Waals surface area contributed by atoms with Crippen molar-refractivity contribution < 1.29 is 27.2 Å². The fraction of sp³-hybridized carbons (Fsp3) is 0.0526. The van der Waals surface area contributed by atoms with Gasteiger partial charge < -0.3 is 10.6 Å². The van der Waals surface area contributed by atoms with Crippen LogP contribution < -0.4 is 10.6 Å². The van der Waals surface area contributed by atoms with Gasteiger partial charge in [-0.3, -0.25) is 14.6 Å². The van der Waals surface area contributed by atoms with Crippen molar-refractivity contribution in [2.24, 2.45) is 0 Å². The number of carbonyl (C=O) groups excluding carboxylic acids is 2. The number of nitrogens with zero attached hydrogens (tertiary/aromatic N) is 2. The Hall–Kier alpha value is -3.82. The quantitative estimate of drug-likeness (QED) is 0.641. The molecule has 2 amide bonds. The van der Waals surface area contributed by atoms with Gasteiger partial charge in [-0.05, 0) is 42.5 Å². The zero-order valence-corrected chi connectivity index (χ0v) is 14.5. The Labute approximate surface area is 161 Å². The Morgan fingerprint density at radius 1 is 0.897 bits per heavy atom. The molecule has 0 bridgehead atoms. The van der Waals surface area contributed by atoms with Crippen LogP contribution in [-0.4, -0.2) is 21.8 Å². The molecule has 0 atom stereocenters. The number of aromatic nitrogens is 2. The lowest BCUT2D eigenvalue weighted by Crippen LogP contribution is -2.19. The van der Waals surface area contributed by atoms with Crippen molar-refractivity contribution in [2.45, 2.75) is 6.18 Å². The maximum Gasteiger partial charge on any atom is 0.418 e. The van der Waals surface area contributed by atoms with Gasteiger partial charge in [-0.25, -0.2) is 9.37 Å². The molecular formula is C19H12F4N4O2. The number of carbonyl (C=O) groups is 2. The van der Waals surface area contributed by atoms with Crippen LogP contribution in [0.3, 0.4) is 0 Å². The molecule has 148 valence electrons. The third-order valence-corrected chi connectivity index (χ3v) is 3.73. The maximum atomic E-state index is 13.5. The van der Waals surface area contributed by atoms with Crippen LogP contribution in [0.1, 0.15) is 26.4 Å². The van der Waals surface area contributed by atoms with Crippen molar-refractivity contribution in [3.63, 3.8) is 0 Å². The average molecular weight is 404 g/mol. The van der Waals surface area contributed by atoms with Crippen LogP contribution in [0.2, 0.25) is 0 Å². The molecule has 2 aromatic carbocycles. The molecule has 29 heavy (non-hydrogen) atoms. The lowest BCUT2D eigenvalue weighted by atomic mass is 10.1. The molecule has 6 nitrogen and oxygen atoms in total. The summed E-state index contributed by atoms with van der Waals surface area (Å²) in [5, 5.41) is 4.44. The number of benzene rings is 2. The molecule has 0 aliphatic rings. The zero-order chi connectivity index (χ0) is 21.0. The lowest BCUT2D eigenvalue weighted by Gasteiger charge is -2.15. The molecular weight excluding hydrogens is 392 g/mol. The van der Waals surface area contributed by atoms with Crippen molar-refractivity contribution in [1.29, 1.82) is 0 Å². The van der Waals surface area contributed by atoms with Crippen LogP contribution in [0.5, 0.6) is 0 Å². The van der Waals surface area contributed by atoms with Crippen LogP contribution in [-0.2, 0) is 6.18 Å². The Morgan fingerprint density at radius 2 is 1.62 bits per heavy atom. The van der Waals surface area contributed by atoms with Gasteiger partial charge in [-0.1, -0.05) is 0 Å². The fourth-order valence-corrected chi connectivity index (χ4v) is 2.37. The van der Waals surface area contributed by atoms with Crippen molar-refractivity contribution in [3.05, 3.63) is 83.7 Å². The summed E-state index contributed by atoms with van der Waals surface area (Å²) in [7, 11) is 0. The summed E-state index contributed by atoms with van der Waals surface area (Å²) >= 11 is 0. The summed E-state index contributed by atoms with van der Waals surface area (Å²) in [4.78, 5) is 31.6. The first-order chi connectivity index (χ1) is 13.7. The fourth-order valence-electron chi connectivity index (χ4n) is 2.37. The minimum atomic E-state index is -4.80. The van der Waals surface area contributed by atoms with E-state index in [9.17, 15) is 27.2 Å². The molecule has 0 aliphatic carbocycles. The zero-order valence-electron chi connectivity index (χ0n) is 14.5. The molecule has 0 radical (unpaired) electrons. The second-order valence-corrected chi connectivity index (χ2v) is 5.76. The van der Waals surface area contributed by atoms with E-state index in [1.807, 2.05) is 0 Å². The van der Waals surface area contributed by atoms with Gasteiger partial charge in [0.1, 0.15) is 11.5 Å². The number of anilines is 2. The van der Waals surface area contributed by atoms with E-state index in [-0.39, 0.29) is 16.9 Å². The highest BCUT2D eigenvalue weighted by atomic mass is 19.4. The number of nitrogens with one attached hydrogen (secondary N) is 2. The number of hydrogen-bond donors (Lipinski definition) is 2. The first-order valence-electron chi connectivity index (χ1n) is 8.09. The molecule has 1 heterocycles. The Morgan fingerprint density at radius 3 is 2.24 bits per heavy atom. The minimum absolute atomic E-state index is 0.0694. The van der Waals surface area contributed by atoms with Gasteiger partial charge in [0.25, 0.3) is 11.8 Å². The molecule has 0 saturated carbocycles. The number of halogens is 4. The Kier molecular flexibility index (Phi) is 5.53. The van der Waals surface area contributed by atoms with Crippen molar-refractivity contribution in [3.8, 4) is 0 Å². The van der Waals surface area contributed by atoms with E-state index in [0.29, 0.717) is 6.07 Å². The van der Waals surface area contributed by atoms with E-state index < -0.39 is 35.1 Å². The van der Waals surface area contributed by atoms with Gasteiger partial charge >= 0.3 is 6.18 Å². The summed E-state index contributed by atoms with van der Waals surface area (Å²) in [6.45, 7) is 0. The van der Waals surface area contributed by atoms with E-state index >= 15 is 0 Å². The van der Waals surface area contributed by atoms with E-state index in [1.165, 1.54) is 30.6 Å².